The van der Waals surface area contributed by atoms with Crippen LogP contribution in [0.1, 0.15) is 35.6 Å². The maximum atomic E-state index is 14.3. The van der Waals surface area contributed by atoms with Crippen LogP contribution in [-0.2, 0) is 12.8 Å². The lowest BCUT2D eigenvalue weighted by molar-refractivity contribution is -0.138. The van der Waals surface area contributed by atoms with E-state index >= 15 is 0 Å². The van der Waals surface area contributed by atoms with Gasteiger partial charge in [-0.05, 0) is 26.0 Å². The van der Waals surface area contributed by atoms with Crippen LogP contribution in [0.2, 0.25) is 0 Å². The Labute approximate surface area is 148 Å². The van der Waals surface area contributed by atoms with E-state index in [1.54, 1.807) is 0 Å². The predicted molar refractivity (Wildman–Crippen MR) is 84.0 cm³/mol. The van der Waals surface area contributed by atoms with E-state index in [4.69, 9.17) is 0 Å². The molecule has 2 aromatic heterocycles. The number of aryl methyl sites for hydroxylation is 1. The lowest BCUT2D eigenvalue weighted by Gasteiger charge is -2.17. The summed E-state index contributed by atoms with van der Waals surface area (Å²) in [5.41, 5.74) is -2.85. The lowest BCUT2D eigenvalue weighted by atomic mass is 10.0. The molecule has 0 radical (unpaired) electrons. The van der Waals surface area contributed by atoms with Crippen LogP contribution in [0.25, 0.3) is 11.0 Å². The summed E-state index contributed by atoms with van der Waals surface area (Å²) in [5.74, 6) is -2.63. The van der Waals surface area contributed by atoms with Crippen LogP contribution in [0.4, 0.5) is 22.0 Å². The van der Waals surface area contributed by atoms with Gasteiger partial charge in [0.25, 0.3) is 5.56 Å². The largest absolute Gasteiger partial charge is 0.416 e. The van der Waals surface area contributed by atoms with E-state index in [0.717, 1.165) is 4.68 Å². The molecule has 27 heavy (non-hydrogen) atoms. The predicted octanol–water partition coefficient (Wildman–Crippen LogP) is 2.83. The Kier molecular flexibility index (Phi) is 4.50. The van der Waals surface area contributed by atoms with Crippen LogP contribution < -0.4 is 5.56 Å². The quantitative estimate of drug-likeness (QED) is 0.676. The van der Waals surface area contributed by atoms with Crippen molar-refractivity contribution in [1.82, 2.24) is 19.7 Å². The smallest absolute Gasteiger partial charge is 0.390 e. The molecule has 3 rings (SSSR count). The van der Waals surface area contributed by atoms with Crippen LogP contribution in [0, 0.1) is 18.6 Å². The normalized spacial score (nSPS) is 13.3. The van der Waals surface area contributed by atoms with Crippen molar-refractivity contribution in [2.45, 2.75) is 32.7 Å². The monoisotopic (exact) mass is 388 g/mol. The number of fused-ring (bicyclic) bond motifs is 1. The number of aliphatic hydroxyl groups excluding tert-OH is 1. The molecule has 6 nitrogen and oxygen atoms in total. The minimum absolute atomic E-state index is 0.0495. The van der Waals surface area contributed by atoms with Gasteiger partial charge in [-0.3, -0.25) is 4.79 Å². The molecule has 0 aliphatic rings. The van der Waals surface area contributed by atoms with E-state index in [2.05, 4.69) is 15.1 Å². The van der Waals surface area contributed by atoms with Gasteiger partial charge in [-0.15, -0.1) is 0 Å². The van der Waals surface area contributed by atoms with Crippen molar-refractivity contribution in [3.05, 3.63) is 56.8 Å². The van der Waals surface area contributed by atoms with Crippen molar-refractivity contribution in [1.29, 1.82) is 0 Å². The minimum Gasteiger partial charge on any atom is -0.390 e. The molecule has 0 spiro atoms. The highest BCUT2D eigenvalue weighted by atomic mass is 19.4. The topological polar surface area (TPSA) is 83.8 Å². The number of aromatic nitrogens is 4. The summed E-state index contributed by atoms with van der Waals surface area (Å²) in [4.78, 5) is 18.6. The summed E-state index contributed by atoms with van der Waals surface area (Å²) >= 11 is 0. The number of nitrogens with one attached hydrogen (secondary N) is 1. The molecule has 0 saturated carbocycles. The van der Waals surface area contributed by atoms with Gasteiger partial charge in [0.2, 0.25) is 0 Å². The van der Waals surface area contributed by atoms with E-state index in [9.17, 15) is 31.9 Å². The van der Waals surface area contributed by atoms with Gasteiger partial charge in [-0.1, -0.05) is 0 Å². The van der Waals surface area contributed by atoms with Crippen LogP contribution in [-0.4, -0.2) is 24.9 Å². The highest BCUT2D eigenvalue weighted by Gasteiger charge is 2.34. The van der Waals surface area contributed by atoms with E-state index in [0.29, 0.717) is 0 Å². The SMILES string of the molecule is Cc1nc2c(c(CO)nn2[C@@H](C)c2c(F)cc(C(F)(F)F)cc2F)c(=O)[nH]1. The van der Waals surface area contributed by atoms with Gasteiger partial charge in [-0.2, -0.15) is 18.3 Å². The van der Waals surface area contributed by atoms with Gasteiger partial charge in [0.05, 0.1) is 18.2 Å². The molecule has 1 aromatic carbocycles. The van der Waals surface area contributed by atoms with E-state index < -0.39 is 47.1 Å². The van der Waals surface area contributed by atoms with Crippen molar-refractivity contribution in [3.8, 4) is 0 Å². The molecule has 0 bridgehead atoms. The number of nitrogens with zero attached hydrogens (tertiary/aromatic N) is 3. The molecule has 0 aliphatic carbocycles. The zero-order valence-corrected chi connectivity index (χ0v) is 14.0. The molecule has 1 atom stereocenters. The van der Waals surface area contributed by atoms with E-state index in [1.165, 1.54) is 13.8 Å². The summed E-state index contributed by atoms with van der Waals surface area (Å²) in [6.45, 7) is 2.13. The number of benzene rings is 1. The Morgan fingerprint density at radius 2 is 1.85 bits per heavy atom. The first-order valence-corrected chi connectivity index (χ1v) is 7.69. The van der Waals surface area contributed by atoms with Gasteiger partial charge in [0.1, 0.15) is 28.5 Å². The number of rotatable bonds is 3. The van der Waals surface area contributed by atoms with Crippen molar-refractivity contribution in [3.63, 3.8) is 0 Å². The summed E-state index contributed by atoms with van der Waals surface area (Å²) in [7, 11) is 0. The lowest BCUT2D eigenvalue weighted by Crippen LogP contribution is -2.16. The van der Waals surface area contributed by atoms with Gasteiger partial charge in [0.15, 0.2) is 5.65 Å². The van der Waals surface area contributed by atoms with Crippen LogP contribution in [0.15, 0.2) is 16.9 Å². The molecule has 11 heteroatoms. The molecule has 0 saturated heterocycles. The van der Waals surface area contributed by atoms with Crippen LogP contribution in [0.3, 0.4) is 0 Å². The Morgan fingerprint density at radius 1 is 1.26 bits per heavy atom. The number of halogens is 5. The zero-order valence-electron chi connectivity index (χ0n) is 14.0. The summed E-state index contributed by atoms with van der Waals surface area (Å²) in [6.07, 6.45) is -4.90. The van der Waals surface area contributed by atoms with E-state index in [-0.39, 0.29) is 34.7 Å². The first kappa shape index (κ1) is 19.0. The third-order valence-corrected chi connectivity index (χ3v) is 4.09. The molecule has 0 fully saturated rings. The number of H-pyrrole nitrogens is 1. The van der Waals surface area contributed by atoms with E-state index in [1.807, 2.05) is 0 Å². The van der Waals surface area contributed by atoms with Crippen molar-refractivity contribution < 1.29 is 27.1 Å². The third kappa shape index (κ3) is 3.18. The number of aromatic amines is 1. The third-order valence-electron chi connectivity index (χ3n) is 4.09. The molecule has 2 heterocycles. The highest BCUT2D eigenvalue weighted by Crippen LogP contribution is 2.34. The van der Waals surface area contributed by atoms with Gasteiger partial charge in [-0.25, -0.2) is 18.4 Å². The molecule has 0 aliphatic heterocycles. The molecular weight excluding hydrogens is 375 g/mol. The maximum absolute atomic E-state index is 14.3. The van der Waals surface area contributed by atoms with Crippen molar-refractivity contribution in [2.24, 2.45) is 0 Å². The summed E-state index contributed by atoms with van der Waals surface area (Å²) < 4.78 is 67.8. The molecule has 2 N–H and O–H groups in total. The molecule has 144 valence electrons. The van der Waals surface area contributed by atoms with Gasteiger partial charge in [0, 0.05) is 5.56 Å². The number of aliphatic hydroxyl groups is 1. The van der Waals surface area contributed by atoms with Crippen molar-refractivity contribution >= 4 is 11.0 Å². The average molecular weight is 388 g/mol. The minimum atomic E-state index is -4.90. The average Bonchev–Trinajstić information content (AvgIpc) is 2.91. The van der Waals surface area contributed by atoms with Gasteiger partial charge >= 0.3 is 6.18 Å². The van der Waals surface area contributed by atoms with Gasteiger partial charge < -0.3 is 10.1 Å². The Morgan fingerprint density at radius 3 is 2.37 bits per heavy atom. The Hall–Kier alpha value is -2.82. The Bertz CT molecular complexity index is 1060. The second kappa shape index (κ2) is 6.41. The second-order valence-electron chi connectivity index (χ2n) is 5.93. The molecular formula is C16H13F5N4O2. The second-order valence-corrected chi connectivity index (χ2v) is 5.93. The first-order valence-electron chi connectivity index (χ1n) is 7.69. The summed E-state index contributed by atoms with van der Waals surface area (Å²) in [6, 6.07) is -0.846. The fraction of sp³-hybridized carbons (Fsp3) is 0.312. The zero-order chi connectivity index (χ0) is 20.1. The molecule has 3 aromatic rings. The van der Waals surface area contributed by atoms with Crippen molar-refractivity contribution in [2.75, 3.05) is 0 Å². The van der Waals surface area contributed by atoms with Crippen LogP contribution >= 0.6 is 0 Å². The fourth-order valence-corrected chi connectivity index (χ4v) is 2.87. The highest BCUT2D eigenvalue weighted by molar-refractivity contribution is 5.77. The number of hydrogen-bond donors (Lipinski definition) is 2. The van der Waals surface area contributed by atoms with Crippen LogP contribution in [0.5, 0.6) is 0 Å². The number of alkyl halides is 3. The summed E-state index contributed by atoms with van der Waals surface area (Å²) in [5, 5.41) is 13.3. The Balaban J connectivity index is 2.23. The number of hydrogen-bond acceptors (Lipinski definition) is 4. The molecule has 0 unspecified atom stereocenters. The fourth-order valence-electron chi connectivity index (χ4n) is 2.87. The standard InChI is InChI=1S/C16H13F5N4O2/c1-6(12-9(17)3-8(4-10(12)18)16(19,20)21)25-14-13(11(5-26)24-25)15(27)23-7(2)22-14/h3-4,6,26H,5H2,1-2H3,(H,22,23,27)/t6-/m0/s1. The molecule has 0 amide bonds. The first-order chi connectivity index (χ1) is 12.5. The maximum Gasteiger partial charge on any atom is 0.416 e.